The van der Waals surface area contributed by atoms with Crippen LogP contribution in [0.5, 0.6) is 0 Å². The van der Waals surface area contributed by atoms with Crippen molar-refractivity contribution in [3.63, 3.8) is 0 Å². The van der Waals surface area contributed by atoms with Gasteiger partial charge in [0.05, 0.1) is 16.3 Å². The number of ketones is 1. The van der Waals surface area contributed by atoms with Crippen LogP contribution in [0.2, 0.25) is 0 Å². The Bertz CT molecular complexity index is 1030. The third kappa shape index (κ3) is 3.41. The number of benzene rings is 2. The number of tetrazole rings is 1. The van der Waals surface area contributed by atoms with Crippen molar-refractivity contribution in [2.45, 2.75) is 18.7 Å². The minimum Gasteiger partial charge on any atom is -0.295 e. The SMILES string of the molecule is CC(=O)c1cccc(S(=O)(=O)Nc2cccc(-n3cnnn3)c2C)c1. The topological polar surface area (TPSA) is 107 Å². The number of hydrogen-bond donors (Lipinski definition) is 1. The fourth-order valence-electron chi connectivity index (χ4n) is 2.34. The van der Waals surface area contributed by atoms with E-state index in [9.17, 15) is 13.2 Å². The summed E-state index contributed by atoms with van der Waals surface area (Å²) < 4.78 is 29.3. The predicted molar refractivity (Wildman–Crippen MR) is 91.1 cm³/mol. The van der Waals surface area contributed by atoms with E-state index in [1.807, 2.05) is 0 Å². The molecule has 0 spiro atoms. The van der Waals surface area contributed by atoms with Crippen LogP contribution in [0, 0.1) is 6.92 Å². The van der Waals surface area contributed by atoms with Gasteiger partial charge in [-0.05, 0) is 54.1 Å². The molecule has 3 rings (SSSR count). The Morgan fingerprint density at radius 3 is 2.60 bits per heavy atom. The zero-order valence-electron chi connectivity index (χ0n) is 13.5. The third-order valence-electron chi connectivity index (χ3n) is 3.70. The van der Waals surface area contributed by atoms with Gasteiger partial charge < -0.3 is 0 Å². The molecule has 25 heavy (non-hydrogen) atoms. The molecule has 9 heteroatoms. The number of nitrogens with one attached hydrogen (secondary N) is 1. The molecule has 0 unspecified atom stereocenters. The predicted octanol–water partition coefficient (Wildman–Crippen LogP) is 1.97. The lowest BCUT2D eigenvalue weighted by Gasteiger charge is -2.13. The normalized spacial score (nSPS) is 11.3. The Morgan fingerprint density at radius 2 is 1.92 bits per heavy atom. The summed E-state index contributed by atoms with van der Waals surface area (Å²) in [7, 11) is -3.84. The zero-order chi connectivity index (χ0) is 18.0. The van der Waals surface area contributed by atoms with Crippen molar-refractivity contribution < 1.29 is 13.2 Å². The number of carbonyl (C=O) groups is 1. The summed E-state index contributed by atoms with van der Waals surface area (Å²) in [5, 5.41) is 11.0. The van der Waals surface area contributed by atoms with E-state index < -0.39 is 10.0 Å². The molecule has 0 aliphatic carbocycles. The van der Waals surface area contributed by atoms with E-state index >= 15 is 0 Å². The number of rotatable bonds is 5. The number of hydrogen-bond acceptors (Lipinski definition) is 6. The Balaban J connectivity index is 1.98. The molecule has 0 saturated carbocycles. The minimum absolute atomic E-state index is 0.0208. The Morgan fingerprint density at radius 1 is 1.16 bits per heavy atom. The van der Waals surface area contributed by atoms with Crippen molar-refractivity contribution >= 4 is 21.5 Å². The number of nitrogens with zero attached hydrogens (tertiary/aromatic N) is 4. The van der Waals surface area contributed by atoms with Gasteiger partial charge in [0.15, 0.2) is 5.78 Å². The quantitative estimate of drug-likeness (QED) is 0.700. The molecule has 0 radical (unpaired) electrons. The van der Waals surface area contributed by atoms with Gasteiger partial charge in [-0.25, -0.2) is 13.1 Å². The van der Waals surface area contributed by atoms with Crippen LogP contribution in [0.1, 0.15) is 22.8 Å². The van der Waals surface area contributed by atoms with E-state index in [1.165, 1.54) is 36.1 Å². The standard InChI is InChI=1S/C16H15N5O3S/c1-11-15(7-4-8-16(11)21-10-17-19-20-21)18-25(23,24)14-6-3-5-13(9-14)12(2)22/h3-10,18H,1-2H3. The summed E-state index contributed by atoms with van der Waals surface area (Å²) in [6.45, 7) is 3.15. The minimum atomic E-state index is -3.84. The maximum absolute atomic E-state index is 12.7. The highest BCUT2D eigenvalue weighted by molar-refractivity contribution is 7.92. The van der Waals surface area contributed by atoms with Gasteiger partial charge in [0.2, 0.25) is 0 Å². The molecule has 0 aliphatic heterocycles. The summed E-state index contributed by atoms with van der Waals surface area (Å²) in [5.74, 6) is -0.200. The summed E-state index contributed by atoms with van der Waals surface area (Å²) in [6, 6.07) is 11.0. The Labute approximate surface area is 144 Å². The molecular formula is C16H15N5O3S. The smallest absolute Gasteiger partial charge is 0.261 e. The molecule has 0 bridgehead atoms. The van der Waals surface area contributed by atoms with Crippen LogP contribution in [-0.2, 0) is 10.0 Å². The van der Waals surface area contributed by atoms with Crippen LogP contribution >= 0.6 is 0 Å². The molecule has 0 saturated heterocycles. The first-order valence-electron chi connectivity index (χ1n) is 7.35. The molecule has 0 amide bonds. The summed E-state index contributed by atoms with van der Waals surface area (Å²) >= 11 is 0. The van der Waals surface area contributed by atoms with Gasteiger partial charge in [0.25, 0.3) is 10.0 Å². The van der Waals surface area contributed by atoms with Crippen molar-refractivity contribution in [3.05, 3.63) is 59.9 Å². The molecule has 1 heterocycles. The van der Waals surface area contributed by atoms with Gasteiger partial charge in [-0.2, -0.15) is 0 Å². The number of carbonyl (C=O) groups excluding carboxylic acids is 1. The van der Waals surface area contributed by atoms with Crippen LogP contribution < -0.4 is 4.72 Å². The average molecular weight is 357 g/mol. The number of aromatic nitrogens is 4. The van der Waals surface area contributed by atoms with Crippen LogP contribution in [0.15, 0.2) is 53.7 Å². The highest BCUT2D eigenvalue weighted by Crippen LogP contribution is 2.24. The molecule has 0 atom stereocenters. The van der Waals surface area contributed by atoms with Crippen LogP contribution in [-0.4, -0.2) is 34.4 Å². The summed E-state index contributed by atoms with van der Waals surface area (Å²) in [5.41, 5.74) is 2.06. The van der Waals surface area contributed by atoms with E-state index in [0.29, 0.717) is 22.5 Å². The zero-order valence-corrected chi connectivity index (χ0v) is 14.4. The maximum Gasteiger partial charge on any atom is 0.261 e. The molecule has 1 N–H and O–H groups in total. The maximum atomic E-state index is 12.7. The van der Waals surface area contributed by atoms with E-state index in [4.69, 9.17) is 0 Å². The largest absolute Gasteiger partial charge is 0.295 e. The van der Waals surface area contributed by atoms with Crippen LogP contribution in [0.25, 0.3) is 5.69 Å². The molecule has 3 aromatic rings. The first kappa shape index (κ1) is 16.8. The lowest BCUT2D eigenvalue weighted by Crippen LogP contribution is -2.15. The summed E-state index contributed by atoms with van der Waals surface area (Å²) in [6.07, 6.45) is 1.43. The Kier molecular flexibility index (Phi) is 4.32. The van der Waals surface area contributed by atoms with Gasteiger partial charge in [-0.3, -0.25) is 9.52 Å². The lowest BCUT2D eigenvalue weighted by molar-refractivity contribution is 0.101. The molecule has 1 aromatic heterocycles. The van der Waals surface area contributed by atoms with Gasteiger partial charge in [0, 0.05) is 5.56 Å². The highest BCUT2D eigenvalue weighted by atomic mass is 32.2. The molecule has 128 valence electrons. The summed E-state index contributed by atoms with van der Waals surface area (Å²) in [4.78, 5) is 11.5. The van der Waals surface area contributed by atoms with Crippen molar-refractivity contribution in [3.8, 4) is 5.69 Å². The van der Waals surface area contributed by atoms with Crippen molar-refractivity contribution in [1.82, 2.24) is 20.2 Å². The number of anilines is 1. The van der Waals surface area contributed by atoms with E-state index in [2.05, 4.69) is 20.2 Å². The second-order valence-electron chi connectivity index (χ2n) is 5.39. The highest BCUT2D eigenvalue weighted by Gasteiger charge is 2.18. The van der Waals surface area contributed by atoms with Crippen molar-refractivity contribution in [2.75, 3.05) is 4.72 Å². The fourth-order valence-corrected chi connectivity index (χ4v) is 3.51. The van der Waals surface area contributed by atoms with E-state index in [-0.39, 0.29) is 10.7 Å². The van der Waals surface area contributed by atoms with Gasteiger partial charge in [-0.15, -0.1) is 5.10 Å². The van der Waals surface area contributed by atoms with Crippen LogP contribution in [0.4, 0.5) is 5.69 Å². The molecule has 0 aliphatic rings. The Hall–Kier alpha value is -3.07. The molecular weight excluding hydrogens is 342 g/mol. The van der Waals surface area contributed by atoms with Gasteiger partial charge in [0.1, 0.15) is 6.33 Å². The monoisotopic (exact) mass is 357 g/mol. The van der Waals surface area contributed by atoms with Gasteiger partial charge in [-0.1, -0.05) is 18.2 Å². The molecule has 2 aromatic carbocycles. The number of Topliss-reactive ketones (excluding diaryl/α,β-unsaturated/α-hetero) is 1. The first-order chi connectivity index (χ1) is 11.9. The second-order valence-corrected chi connectivity index (χ2v) is 7.08. The van der Waals surface area contributed by atoms with Crippen LogP contribution in [0.3, 0.4) is 0 Å². The van der Waals surface area contributed by atoms with E-state index in [0.717, 1.165) is 0 Å². The third-order valence-corrected chi connectivity index (χ3v) is 5.06. The van der Waals surface area contributed by atoms with E-state index in [1.54, 1.807) is 31.2 Å². The van der Waals surface area contributed by atoms with Crippen molar-refractivity contribution in [1.29, 1.82) is 0 Å². The van der Waals surface area contributed by atoms with Crippen molar-refractivity contribution in [2.24, 2.45) is 0 Å². The first-order valence-corrected chi connectivity index (χ1v) is 8.83. The average Bonchev–Trinajstić information content (AvgIpc) is 3.11. The number of sulfonamides is 1. The lowest BCUT2D eigenvalue weighted by atomic mass is 10.1. The molecule has 0 fully saturated rings. The second kappa shape index (κ2) is 6.44. The fraction of sp³-hybridized carbons (Fsp3) is 0.125. The van der Waals surface area contributed by atoms with Gasteiger partial charge >= 0.3 is 0 Å². The molecule has 8 nitrogen and oxygen atoms in total.